The molecule has 37 heavy (non-hydrogen) atoms. The second-order valence-corrected chi connectivity index (χ2v) is 8.58. The van der Waals surface area contributed by atoms with Crippen molar-refractivity contribution in [3.05, 3.63) is 0 Å². The van der Waals surface area contributed by atoms with Gasteiger partial charge in [0.15, 0.2) is 0 Å². The molecule has 15 heteroatoms. The van der Waals surface area contributed by atoms with Crippen LogP contribution >= 0.6 is 0 Å². The molecule has 4 atom stereocenters. The smallest absolute Gasteiger partial charge is 0.326 e. The molecule has 0 aliphatic rings. The standard InChI is InChI=1S/C22H41N7O8/c1-13(27-20(34)14(25)8-9-18(31)32)19(33)29-15(6-2-4-10-23)21(35)26-12-17(30)28-16(22(36)37)7-3-5-11-24/h13-16H,2-12,23-25H2,1H3,(H,26,35)(H,27,34)(H,28,30)(H,29,33)(H,31,32)(H,36,37)/t13-,14-,15-,16-/m0/s1. The van der Waals surface area contributed by atoms with E-state index in [2.05, 4.69) is 21.3 Å². The zero-order valence-electron chi connectivity index (χ0n) is 21.2. The van der Waals surface area contributed by atoms with Crippen LogP contribution in [0.2, 0.25) is 0 Å². The Balaban J connectivity index is 4.96. The largest absolute Gasteiger partial charge is 0.481 e. The Morgan fingerprint density at radius 2 is 1.30 bits per heavy atom. The number of carboxylic acids is 2. The topological polar surface area (TPSA) is 269 Å². The van der Waals surface area contributed by atoms with E-state index in [4.69, 9.17) is 22.3 Å². The van der Waals surface area contributed by atoms with Crippen molar-refractivity contribution in [2.75, 3.05) is 19.6 Å². The molecule has 212 valence electrons. The number of carboxylic acid groups (broad SMARTS) is 2. The van der Waals surface area contributed by atoms with E-state index in [0.717, 1.165) is 0 Å². The second kappa shape index (κ2) is 18.9. The van der Waals surface area contributed by atoms with Gasteiger partial charge in [0.2, 0.25) is 23.6 Å². The molecule has 12 N–H and O–H groups in total. The summed E-state index contributed by atoms with van der Waals surface area (Å²) in [6.07, 6.45) is 2.14. The van der Waals surface area contributed by atoms with Gasteiger partial charge in [-0.15, -0.1) is 0 Å². The van der Waals surface area contributed by atoms with Crippen LogP contribution in [0.15, 0.2) is 0 Å². The van der Waals surface area contributed by atoms with Gasteiger partial charge in [-0.05, 0) is 65.0 Å². The zero-order valence-corrected chi connectivity index (χ0v) is 21.2. The van der Waals surface area contributed by atoms with Gasteiger partial charge in [-0.2, -0.15) is 0 Å². The van der Waals surface area contributed by atoms with Crippen molar-refractivity contribution < 1.29 is 39.0 Å². The molecular weight excluding hydrogens is 490 g/mol. The number of nitrogens with two attached hydrogens (primary N) is 3. The van der Waals surface area contributed by atoms with Gasteiger partial charge in [-0.25, -0.2) is 4.79 Å². The first-order valence-corrected chi connectivity index (χ1v) is 12.2. The lowest BCUT2D eigenvalue weighted by Crippen LogP contribution is -2.55. The number of amides is 4. The van der Waals surface area contributed by atoms with E-state index in [0.29, 0.717) is 38.8 Å². The van der Waals surface area contributed by atoms with Gasteiger partial charge in [0, 0.05) is 6.42 Å². The number of hydrogen-bond donors (Lipinski definition) is 9. The van der Waals surface area contributed by atoms with Gasteiger partial charge >= 0.3 is 11.9 Å². The highest BCUT2D eigenvalue weighted by Gasteiger charge is 2.26. The SMILES string of the molecule is C[C@H](NC(=O)[C@@H](N)CCC(=O)O)C(=O)N[C@@H](CCCCN)C(=O)NCC(=O)N[C@@H](CCCCN)C(=O)O. The maximum absolute atomic E-state index is 12.7. The van der Waals surface area contributed by atoms with Crippen molar-refractivity contribution in [3.8, 4) is 0 Å². The van der Waals surface area contributed by atoms with Crippen LogP contribution < -0.4 is 38.5 Å². The minimum Gasteiger partial charge on any atom is -0.481 e. The molecule has 0 aliphatic carbocycles. The molecule has 0 aromatic carbocycles. The molecule has 4 amide bonds. The van der Waals surface area contributed by atoms with Gasteiger partial charge in [-0.3, -0.25) is 24.0 Å². The third-order valence-corrected chi connectivity index (χ3v) is 5.34. The van der Waals surface area contributed by atoms with Crippen LogP contribution in [0.5, 0.6) is 0 Å². The van der Waals surface area contributed by atoms with Crippen molar-refractivity contribution in [2.45, 2.75) is 82.5 Å². The third kappa shape index (κ3) is 15.4. The van der Waals surface area contributed by atoms with E-state index in [1.807, 2.05) is 0 Å². The van der Waals surface area contributed by atoms with Gasteiger partial charge < -0.3 is 48.7 Å². The lowest BCUT2D eigenvalue weighted by atomic mass is 10.1. The van der Waals surface area contributed by atoms with Crippen molar-refractivity contribution >= 4 is 35.6 Å². The molecule has 0 aromatic heterocycles. The number of rotatable bonds is 20. The van der Waals surface area contributed by atoms with Crippen molar-refractivity contribution in [3.63, 3.8) is 0 Å². The lowest BCUT2D eigenvalue weighted by Gasteiger charge is -2.22. The van der Waals surface area contributed by atoms with Gasteiger partial charge in [0.1, 0.15) is 18.1 Å². The summed E-state index contributed by atoms with van der Waals surface area (Å²) in [7, 11) is 0. The van der Waals surface area contributed by atoms with Crippen molar-refractivity contribution in [1.29, 1.82) is 0 Å². The molecule has 0 aromatic rings. The van der Waals surface area contributed by atoms with Crippen molar-refractivity contribution in [1.82, 2.24) is 21.3 Å². The number of nitrogens with one attached hydrogen (secondary N) is 4. The van der Waals surface area contributed by atoms with Crippen LogP contribution in [-0.4, -0.2) is 89.6 Å². The van der Waals surface area contributed by atoms with Crippen LogP contribution in [-0.2, 0) is 28.8 Å². The Labute approximate surface area is 215 Å². The molecule has 0 rings (SSSR count). The zero-order chi connectivity index (χ0) is 28.4. The highest BCUT2D eigenvalue weighted by Crippen LogP contribution is 2.03. The molecule has 0 fully saturated rings. The van der Waals surface area contributed by atoms with E-state index in [9.17, 15) is 33.9 Å². The normalized spacial score (nSPS) is 13.9. The Hall–Kier alpha value is -3.30. The Morgan fingerprint density at radius 1 is 0.730 bits per heavy atom. The summed E-state index contributed by atoms with van der Waals surface area (Å²) in [6, 6.07) is -4.38. The minimum absolute atomic E-state index is 0.114. The molecule has 0 radical (unpaired) electrons. The lowest BCUT2D eigenvalue weighted by molar-refractivity contribution is -0.142. The quantitative estimate of drug-likeness (QED) is 0.0719. The first kappa shape index (κ1) is 33.7. The minimum atomic E-state index is -1.21. The Kier molecular flexibility index (Phi) is 17.2. The predicted octanol–water partition coefficient (Wildman–Crippen LogP) is -2.89. The molecular formula is C22H41N7O8. The Bertz CT molecular complexity index is 780. The fraction of sp³-hybridized carbons (Fsp3) is 0.727. The Morgan fingerprint density at radius 3 is 1.81 bits per heavy atom. The van der Waals surface area contributed by atoms with Crippen LogP contribution in [0.4, 0.5) is 0 Å². The summed E-state index contributed by atoms with van der Waals surface area (Å²) in [6.45, 7) is 1.63. The first-order chi connectivity index (χ1) is 17.4. The van der Waals surface area contributed by atoms with E-state index in [-0.39, 0.29) is 25.7 Å². The predicted molar refractivity (Wildman–Crippen MR) is 133 cm³/mol. The molecule has 0 spiro atoms. The maximum atomic E-state index is 12.7. The number of unbranched alkanes of at least 4 members (excludes halogenated alkanes) is 2. The van der Waals surface area contributed by atoms with Gasteiger partial charge in [0.25, 0.3) is 0 Å². The van der Waals surface area contributed by atoms with Gasteiger partial charge in [0.05, 0.1) is 12.6 Å². The summed E-state index contributed by atoms with van der Waals surface area (Å²) < 4.78 is 0. The summed E-state index contributed by atoms with van der Waals surface area (Å²) in [5, 5.41) is 27.5. The molecule has 0 aliphatic heterocycles. The highest BCUT2D eigenvalue weighted by atomic mass is 16.4. The average molecular weight is 532 g/mol. The molecule has 0 unspecified atom stereocenters. The third-order valence-electron chi connectivity index (χ3n) is 5.34. The van der Waals surface area contributed by atoms with Crippen LogP contribution in [0.1, 0.15) is 58.3 Å². The van der Waals surface area contributed by atoms with Crippen LogP contribution in [0.25, 0.3) is 0 Å². The average Bonchev–Trinajstić information content (AvgIpc) is 2.84. The summed E-state index contributed by atoms with van der Waals surface area (Å²) >= 11 is 0. The summed E-state index contributed by atoms with van der Waals surface area (Å²) in [4.78, 5) is 71.5. The van der Waals surface area contributed by atoms with E-state index < -0.39 is 66.3 Å². The number of carbonyl (C=O) groups excluding carboxylic acids is 4. The van der Waals surface area contributed by atoms with Gasteiger partial charge in [-0.1, -0.05) is 0 Å². The van der Waals surface area contributed by atoms with E-state index in [1.165, 1.54) is 6.92 Å². The van der Waals surface area contributed by atoms with Crippen molar-refractivity contribution in [2.24, 2.45) is 17.2 Å². The molecule has 0 heterocycles. The second-order valence-electron chi connectivity index (χ2n) is 8.58. The summed E-state index contributed by atoms with van der Waals surface area (Å²) in [5.41, 5.74) is 16.5. The van der Waals surface area contributed by atoms with E-state index in [1.54, 1.807) is 0 Å². The van der Waals surface area contributed by atoms with E-state index >= 15 is 0 Å². The van der Waals surface area contributed by atoms with Crippen LogP contribution in [0.3, 0.4) is 0 Å². The first-order valence-electron chi connectivity index (χ1n) is 12.2. The molecule has 0 saturated heterocycles. The number of aliphatic carboxylic acids is 2. The monoisotopic (exact) mass is 531 g/mol. The highest BCUT2D eigenvalue weighted by molar-refractivity contribution is 5.94. The van der Waals surface area contributed by atoms with Crippen LogP contribution in [0, 0.1) is 0 Å². The number of hydrogen-bond acceptors (Lipinski definition) is 9. The molecule has 15 nitrogen and oxygen atoms in total. The fourth-order valence-corrected chi connectivity index (χ4v) is 3.14. The fourth-order valence-electron chi connectivity index (χ4n) is 3.14. The summed E-state index contributed by atoms with van der Waals surface area (Å²) in [5.74, 6) is -5.11. The molecule has 0 saturated carbocycles. The number of carbonyl (C=O) groups is 6. The maximum Gasteiger partial charge on any atom is 0.326 e. The molecule has 0 bridgehead atoms.